The predicted molar refractivity (Wildman–Crippen MR) is 64.2 cm³/mol. The summed E-state index contributed by atoms with van der Waals surface area (Å²) in [6.45, 7) is 8.16. The lowest BCUT2D eigenvalue weighted by molar-refractivity contribution is -0.146. The molecule has 2 atom stereocenters. The summed E-state index contributed by atoms with van der Waals surface area (Å²) in [6.07, 6.45) is 0.978. The van der Waals surface area contributed by atoms with Gasteiger partial charge in [-0.15, -0.1) is 0 Å². The first kappa shape index (κ1) is 11.9. The molecule has 1 amide bonds. The molecular weight excluding hydrogens is 202 g/mol. The van der Waals surface area contributed by atoms with Crippen molar-refractivity contribution in [2.45, 2.75) is 32.4 Å². The Labute approximate surface area is 98.0 Å². The van der Waals surface area contributed by atoms with Crippen molar-refractivity contribution in [3.05, 3.63) is 0 Å². The van der Waals surface area contributed by atoms with Crippen LogP contribution in [0.5, 0.6) is 0 Å². The van der Waals surface area contributed by atoms with Crippen molar-refractivity contribution >= 4 is 5.91 Å². The maximum absolute atomic E-state index is 12.4. The summed E-state index contributed by atoms with van der Waals surface area (Å²) < 4.78 is 0. The second-order valence-electron chi connectivity index (χ2n) is 5.47. The number of likely N-dealkylation sites (N-methyl/N-ethyl adjacent to an activating group) is 1. The largest absolute Gasteiger partial charge is 0.335 e. The van der Waals surface area contributed by atoms with E-state index in [-0.39, 0.29) is 6.04 Å². The zero-order chi connectivity index (χ0) is 11.7. The van der Waals surface area contributed by atoms with Gasteiger partial charge in [0.15, 0.2) is 0 Å². The molecule has 0 saturated carbocycles. The molecule has 1 N–H and O–H groups in total. The normalized spacial score (nSPS) is 32.0. The molecular formula is C12H23N3O. The third kappa shape index (κ3) is 2.23. The van der Waals surface area contributed by atoms with Crippen molar-refractivity contribution in [3.8, 4) is 0 Å². The molecule has 2 unspecified atom stereocenters. The van der Waals surface area contributed by atoms with Crippen LogP contribution in [0.2, 0.25) is 0 Å². The fraction of sp³-hybridized carbons (Fsp3) is 0.917. The van der Waals surface area contributed by atoms with Crippen molar-refractivity contribution in [3.63, 3.8) is 0 Å². The molecule has 4 heteroatoms. The number of hydrogen-bond acceptors (Lipinski definition) is 3. The van der Waals surface area contributed by atoms with Gasteiger partial charge in [-0.1, -0.05) is 13.8 Å². The molecule has 2 saturated heterocycles. The molecule has 0 aromatic rings. The molecule has 0 spiro atoms. The Hall–Kier alpha value is -0.610. The minimum absolute atomic E-state index is 0.106. The Bertz CT molecular complexity index is 267. The number of piperazine rings is 2. The number of amides is 1. The van der Waals surface area contributed by atoms with E-state index in [4.69, 9.17) is 0 Å². The highest BCUT2D eigenvalue weighted by atomic mass is 16.2. The third-order valence-corrected chi connectivity index (χ3v) is 3.64. The van der Waals surface area contributed by atoms with Gasteiger partial charge in [-0.3, -0.25) is 9.69 Å². The van der Waals surface area contributed by atoms with Crippen LogP contribution in [0.3, 0.4) is 0 Å². The highest BCUT2D eigenvalue weighted by Crippen LogP contribution is 2.21. The first-order valence-corrected chi connectivity index (χ1v) is 6.31. The van der Waals surface area contributed by atoms with Crippen molar-refractivity contribution in [1.82, 2.24) is 15.1 Å². The Morgan fingerprint density at radius 2 is 2.25 bits per heavy atom. The average Bonchev–Trinajstić information content (AvgIpc) is 2.24. The minimum atomic E-state index is 0.106. The van der Waals surface area contributed by atoms with Crippen LogP contribution < -0.4 is 5.32 Å². The molecule has 4 nitrogen and oxygen atoms in total. The van der Waals surface area contributed by atoms with E-state index in [0.29, 0.717) is 17.9 Å². The molecule has 0 radical (unpaired) electrons. The second-order valence-corrected chi connectivity index (χ2v) is 5.47. The van der Waals surface area contributed by atoms with Crippen molar-refractivity contribution in [2.75, 3.05) is 33.2 Å². The molecule has 92 valence electrons. The molecule has 0 aliphatic carbocycles. The van der Waals surface area contributed by atoms with E-state index in [1.807, 2.05) is 0 Å². The van der Waals surface area contributed by atoms with Crippen LogP contribution in [0, 0.1) is 5.92 Å². The number of nitrogens with one attached hydrogen (secondary N) is 1. The maximum Gasteiger partial charge on any atom is 0.240 e. The summed E-state index contributed by atoms with van der Waals surface area (Å²) in [6, 6.07) is 0.490. The lowest BCUT2D eigenvalue weighted by Crippen LogP contribution is -2.66. The number of rotatable bonds is 2. The smallest absolute Gasteiger partial charge is 0.240 e. The molecule has 2 aliphatic rings. The Morgan fingerprint density at radius 1 is 1.50 bits per heavy atom. The zero-order valence-corrected chi connectivity index (χ0v) is 10.6. The molecule has 2 aliphatic heterocycles. The number of carbonyl (C=O) groups is 1. The van der Waals surface area contributed by atoms with E-state index in [2.05, 4.69) is 36.0 Å². The summed E-state index contributed by atoms with van der Waals surface area (Å²) in [5, 5.41) is 3.36. The van der Waals surface area contributed by atoms with Crippen molar-refractivity contribution in [2.24, 2.45) is 5.92 Å². The quantitative estimate of drug-likeness (QED) is 0.726. The molecule has 0 aromatic heterocycles. The van der Waals surface area contributed by atoms with E-state index in [1.165, 1.54) is 0 Å². The van der Waals surface area contributed by atoms with Gasteiger partial charge in [-0.2, -0.15) is 0 Å². The molecule has 2 fully saturated rings. The van der Waals surface area contributed by atoms with Crippen LogP contribution in [0.1, 0.15) is 20.3 Å². The number of fused-ring (bicyclic) bond motifs is 1. The lowest BCUT2D eigenvalue weighted by Gasteiger charge is -2.47. The van der Waals surface area contributed by atoms with Crippen molar-refractivity contribution < 1.29 is 4.79 Å². The summed E-state index contributed by atoms with van der Waals surface area (Å²) in [5.41, 5.74) is 0. The lowest BCUT2D eigenvalue weighted by atomic mass is 9.96. The first-order valence-electron chi connectivity index (χ1n) is 6.31. The van der Waals surface area contributed by atoms with Crippen LogP contribution >= 0.6 is 0 Å². The van der Waals surface area contributed by atoms with E-state index in [9.17, 15) is 4.79 Å². The predicted octanol–water partition coefficient (Wildman–Crippen LogP) is 0.147. The van der Waals surface area contributed by atoms with Crippen LogP contribution in [0.4, 0.5) is 0 Å². The van der Waals surface area contributed by atoms with Gasteiger partial charge in [-0.25, -0.2) is 0 Å². The number of nitrogens with zero attached hydrogens (tertiary/aromatic N) is 2. The SMILES string of the molecule is CC(C)CC1C(=O)N2CCNCC2CN1C. The second kappa shape index (κ2) is 4.72. The molecule has 2 rings (SSSR count). The fourth-order valence-electron chi connectivity index (χ4n) is 2.78. The van der Waals surface area contributed by atoms with Gasteiger partial charge in [0.25, 0.3) is 0 Å². The van der Waals surface area contributed by atoms with Gasteiger partial charge < -0.3 is 10.2 Å². The minimum Gasteiger partial charge on any atom is -0.335 e. The average molecular weight is 225 g/mol. The highest BCUT2D eigenvalue weighted by Gasteiger charge is 2.39. The monoisotopic (exact) mass is 225 g/mol. The van der Waals surface area contributed by atoms with Crippen molar-refractivity contribution in [1.29, 1.82) is 0 Å². The van der Waals surface area contributed by atoms with Gasteiger partial charge in [0.2, 0.25) is 5.91 Å². The van der Waals surface area contributed by atoms with Gasteiger partial charge >= 0.3 is 0 Å². The Morgan fingerprint density at radius 3 is 2.94 bits per heavy atom. The third-order valence-electron chi connectivity index (χ3n) is 3.64. The van der Waals surface area contributed by atoms with E-state index < -0.39 is 0 Å². The standard InChI is InChI=1S/C12H23N3O/c1-9(2)6-11-12(16)15-5-4-13-7-10(15)8-14(11)3/h9-11,13H,4-8H2,1-3H3. The van der Waals surface area contributed by atoms with Crippen LogP contribution in [0.25, 0.3) is 0 Å². The summed E-state index contributed by atoms with van der Waals surface area (Å²) in [7, 11) is 2.08. The number of hydrogen-bond donors (Lipinski definition) is 1. The van der Waals surface area contributed by atoms with E-state index in [1.54, 1.807) is 0 Å². The fourth-order valence-corrected chi connectivity index (χ4v) is 2.78. The Kier molecular flexibility index (Phi) is 3.50. The van der Waals surface area contributed by atoms with Crippen LogP contribution in [-0.4, -0.2) is 61.0 Å². The van der Waals surface area contributed by atoms with Crippen LogP contribution in [-0.2, 0) is 4.79 Å². The summed E-state index contributed by atoms with van der Waals surface area (Å²) in [5.74, 6) is 0.921. The maximum atomic E-state index is 12.4. The summed E-state index contributed by atoms with van der Waals surface area (Å²) >= 11 is 0. The first-order chi connectivity index (χ1) is 7.59. The van der Waals surface area contributed by atoms with Gasteiger partial charge in [0, 0.05) is 26.2 Å². The van der Waals surface area contributed by atoms with Crippen LogP contribution in [0.15, 0.2) is 0 Å². The van der Waals surface area contributed by atoms with E-state index >= 15 is 0 Å². The summed E-state index contributed by atoms with van der Waals surface area (Å²) in [4.78, 5) is 16.7. The molecule has 2 heterocycles. The van der Waals surface area contributed by atoms with Gasteiger partial charge in [0.05, 0.1) is 12.1 Å². The Balaban J connectivity index is 2.07. The zero-order valence-electron chi connectivity index (χ0n) is 10.6. The van der Waals surface area contributed by atoms with Gasteiger partial charge in [0.1, 0.15) is 0 Å². The molecule has 0 aromatic carbocycles. The topological polar surface area (TPSA) is 35.6 Å². The van der Waals surface area contributed by atoms with Gasteiger partial charge in [-0.05, 0) is 19.4 Å². The molecule has 16 heavy (non-hydrogen) atoms. The number of carbonyl (C=O) groups excluding carboxylic acids is 1. The molecule has 0 bridgehead atoms. The highest BCUT2D eigenvalue weighted by molar-refractivity contribution is 5.83. The van der Waals surface area contributed by atoms with E-state index in [0.717, 1.165) is 32.6 Å².